The number of halogens is 1. The van der Waals surface area contributed by atoms with Crippen molar-refractivity contribution in [3.8, 4) is 0 Å². The molecule has 1 heterocycles. The zero-order valence-electron chi connectivity index (χ0n) is 10.4. The molecule has 94 valence electrons. The van der Waals surface area contributed by atoms with Crippen LogP contribution in [0.4, 0.5) is 5.69 Å². The van der Waals surface area contributed by atoms with Gasteiger partial charge in [0.2, 0.25) is 0 Å². The summed E-state index contributed by atoms with van der Waals surface area (Å²) >= 11 is 3.40. The molecule has 0 unspecified atom stereocenters. The molecule has 1 aromatic carbocycles. The van der Waals surface area contributed by atoms with Crippen molar-refractivity contribution >= 4 is 27.5 Å². The van der Waals surface area contributed by atoms with Crippen molar-refractivity contribution in [2.24, 2.45) is 0 Å². The summed E-state index contributed by atoms with van der Waals surface area (Å²) in [6, 6.07) is 11.5. The highest BCUT2D eigenvalue weighted by Crippen LogP contribution is 2.20. The second-order valence-electron chi connectivity index (χ2n) is 4.36. The van der Waals surface area contributed by atoms with Gasteiger partial charge in [0, 0.05) is 22.4 Å². The Hall–Kier alpha value is -1.55. The molecular weight excluding hydrogens is 292 g/mol. The van der Waals surface area contributed by atoms with Gasteiger partial charge in [0.05, 0.1) is 0 Å². The molecule has 0 saturated carbocycles. The predicted octanol–water partition coefficient (Wildman–Crippen LogP) is 4.08. The average molecular weight is 307 g/mol. The topological polar surface area (TPSA) is 34.0 Å². The minimum atomic E-state index is -0.0967. The van der Waals surface area contributed by atoms with E-state index in [4.69, 9.17) is 0 Å². The highest BCUT2D eigenvalue weighted by Gasteiger charge is 2.14. The molecular formula is C14H15BrN2O. The first kappa shape index (κ1) is 12.9. The molecule has 0 spiro atoms. The Kier molecular flexibility index (Phi) is 3.87. The average Bonchev–Trinajstić information content (AvgIpc) is 2.73. The number of nitrogens with zero attached hydrogens (tertiary/aromatic N) is 1. The maximum absolute atomic E-state index is 12.2. The molecule has 0 aliphatic rings. The van der Waals surface area contributed by atoms with Gasteiger partial charge in [-0.3, -0.25) is 4.79 Å². The monoisotopic (exact) mass is 306 g/mol. The molecule has 4 heteroatoms. The van der Waals surface area contributed by atoms with Crippen molar-refractivity contribution in [1.82, 2.24) is 4.57 Å². The van der Waals surface area contributed by atoms with E-state index in [2.05, 4.69) is 21.2 Å². The highest BCUT2D eigenvalue weighted by molar-refractivity contribution is 9.10. The number of hydrogen-bond acceptors (Lipinski definition) is 1. The van der Waals surface area contributed by atoms with Crippen LogP contribution in [0.15, 0.2) is 47.1 Å². The number of benzene rings is 1. The van der Waals surface area contributed by atoms with Crippen LogP contribution in [0.5, 0.6) is 0 Å². The quantitative estimate of drug-likeness (QED) is 0.910. The minimum absolute atomic E-state index is 0.0967. The van der Waals surface area contributed by atoms with Gasteiger partial charge in [0.25, 0.3) is 5.91 Å². The fraction of sp³-hybridized carbons (Fsp3) is 0.214. The molecule has 0 atom stereocenters. The van der Waals surface area contributed by atoms with E-state index in [1.54, 1.807) is 0 Å². The van der Waals surface area contributed by atoms with Crippen molar-refractivity contribution in [2.45, 2.75) is 19.9 Å². The van der Waals surface area contributed by atoms with Crippen LogP contribution in [0.2, 0.25) is 0 Å². The summed E-state index contributed by atoms with van der Waals surface area (Å²) < 4.78 is 2.86. The van der Waals surface area contributed by atoms with E-state index < -0.39 is 0 Å². The first-order valence-corrected chi connectivity index (χ1v) is 6.61. The smallest absolute Gasteiger partial charge is 0.272 e. The molecule has 2 rings (SSSR count). The summed E-state index contributed by atoms with van der Waals surface area (Å²) in [5.41, 5.74) is 1.45. The van der Waals surface area contributed by atoms with Gasteiger partial charge in [-0.1, -0.05) is 18.2 Å². The Morgan fingerprint density at radius 1 is 1.28 bits per heavy atom. The molecule has 1 aromatic heterocycles. The lowest BCUT2D eigenvalue weighted by atomic mass is 10.3. The standard InChI is InChI=1S/C14H15BrN2O/c1-10(2)17-9-11(15)8-13(17)14(18)16-12-6-4-3-5-7-12/h3-10H,1-2H3,(H,16,18). The van der Waals surface area contributed by atoms with Crippen LogP contribution < -0.4 is 5.32 Å². The Labute approximate surface area is 115 Å². The summed E-state index contributed by atoms with van der Waals surface area (Å²) in [4.78, 5) is 12.2. The van der Waals surface area contributed by atoms with Gasteiger partial charge in [-0.15, -0.1) is 0 Å². The number of amides is 1. The van der Waals surface area contributed by atoms with Crippen LogP contribution in [0.25, 0.3) is 0 Å². The third-order valence-corrected chi connectivity index (χ3v) is 3.07. The Balaban J connectivity index is 2.24. The summed E-state index contributed by atoms with van der Waals surface area (Å²) in [6.45, 7) is 4.09. The summed E-state index contributed by atoms with van der Waals surface area (Å²) in [7, 11) is 0. The second kappa shape index (κ2) is 5.40. The van der Waals surface area contributed by atoms with E-state index in [0.717, 1.165) is 10.2 Å². The van der Waals surface area contributed by atoms with Crippen LogP contribution in [-0.4, -0.2) is 10.5 Å². The van der Waals surface area contributed by atoms with Gasteiger partial charge in [0.1, 0.15) is 5.69 Å². The Bertz CT molecular complexity index is 546. The van der Waals surface area contributed by atoms with Crippen LogP contribution in [0, 0.1) is 0 Å². The van der Waals surface area contributed by atoms with Crippen molar-refractivity contribution < 1.29 is 4.79 Å². The second-order valence-corrected chi connectivity index (χ2v) is 5.28. The molecule has 18 heavy (non-hydrogen) atoms. The molecule has 1 amide bonds. The molecule has 1 N–H and O–H groups in total. The number of rotatable bonds is 3. The van der Waals surface area contributed by atoms with E-state index >= 15 is 0 Å². The van der Waals surface area contributed by atoms with Crippen molar-refractivity contribution in [3.05, 3.63) is 52.8 Å². The van der Waals surface area contributed by atoms with Crippen LogP contribution >= 0.6 is 15.9 Å². The van der Waals surface area contributed by atoms with E-state index in [1.807, 2.05) is 61.0 Å². The zero-order valence-corrected chi connectivity index (χ0v) is 11.9. The number of carbonyl (C=O) groups is 1. The van der Waals surface area contributed by atoms with E-state index in [1.165, 1.54) is 0 Å². The number of anilines is 1. The number of aromatic nitrogens is 1. The zero-order chi connectivity index (χ0) is 13.1. The van der Waals surface area contributed by atoms with Crippen LogP contribution in [0.1, 0.15) is 30.4 Å². The Morgan fingerprint density at radius 3 is 2.56 bits per heavy atom. The van der Waals surface area contributed by atoms with Crippen molar-refractivity contribution in [3.63, 3.8) is 0 Å². The highest BCUT2D eigenvalue weighted by atomic mass is 79.9. The molecule has 3 nitrogen and oxygen atoms in total. The summed E-state index contributed by atoms with van der Waals surface area (Å²) in [6.07, 6.45) is 1.92. The first-order chi connectivity index (χ1) is 8.58. The predicted molar refractivity (Wildman–Crippen MR) is 76.9 cm³/mol. The molecule has 0 aliphatic carbocycles. The van der Waals surface area contributed by atoms with E-state index in [9.17, 15) is 4.79 Å². The number of nitrogens with one attached hydrogen (secondary N) is 1. The Morgan fingerprint density at radius 2 is 1.94 bits per heavy atom. The van der Waals surface area contributed by atoms with Crippen molar-refractivity contribution in [2.75, 3.05) is 5.32 Å². The maximum Gasteiger partial charge on any atom is 0.272 e. The molecule has 0 aliphatic heterocycles. The number of hydrogen-bond donors (Lipinski definition) is 1. The fourth-order valence-electron chi connectivity index (χ4n) is 1.77. The van der Waals surface area contributed by atoms with Gasteiger partial charge in [-0.2, -0.15) is 0 Å². The molecule has 0 saturated heterocycles. The number of carbonyl (C=O) groups excluding carboxylic acids is 1. The van der Waals surface area contributed by atoms with Gasteiger partial charge < -0.3 is 9.88 Å². The van der Waals surface area contributed by atoms with Gasteiger partial charge in [-0.25, -0.2) is 0 Å². The maximum atomic E-state index is 12.2. The van der Waals surface area contributed by atoms with Gasteiger partial charge in [-0.05, 0) is 48.0 Å². The molecule has 0 bridgehead atoms. The lowest BCUT2D eigenvalue weighted by Crippen LogP contribution is -2.17. The van der Waals surface area contributed by atoms with Crippen molar-refractivity contribution in [1.29, 1.82) is 0 Å². The summed E-state index contributed by atoms with van der Waals surface area (Å²) in [5.74, 6) is -0.0967. The SMILES string of the molecule is CC(C)n1cc(Br)cc1C(=O)Nc1ccccc1. The molecule has 2 aromatic rings. The van der Waals surface area contributed by atoms with Gasteiger partial charge in [0.15, 0.2) is 0 Å². The van der Waals surface area contributed by atoms with E-state index in [0.29, 0.717) is 5.69 Å². The summed E-state index contributed by atoms with van der Waals surface area (Å²) in [5, 5.41) is 2.89. The largest absolute Gasteiger partial charge is 0.340 e. The molecule has 0 radical (unpaired) electrons. The van der Waals surface area contributed by atoms with Gasteiger partial charge >= 0.3 is 0 Å². The lowest BCUT2D eigenvalue weighted by molar-refractivity contribution is 0.101. The van der Waals surface area contributed by atoms with Crippen LogP contribution in [0.3, 0.4) is 0 Å². The minimum Gasteiger partial charge on any atom is -0.340 e. The van der Waals surface area contributed by atoms with Crippen LogP contribution in [-0.2, 0) is 0 Å². The molecule has 0 fully saturated rings. The first-order valence-electron chi connectivity index (χ1n) is 5.81. The third-order valence-electron chi connectivity index (χ3n) is 2.64. The normalized spacial score (nSPS) is 10.7. The number of para-hydroxylation sites is 1. The van der Waals surface area contributed by atoms with E-state index in [-0.39, 0.29) is 11.9 Å². The third kappa shape index (κ3) is 2.82. The fourth-order valence-corrected chi connectivity index (χ4v) is 2.21. The lowest BCUT2D eigenvalue weighted by Gasteiger charge is -2.12.